The highest BCUT2D eigenvalue weighted by molar-refractivity contribution is 7.10. The SMILES string of the molecule is CC(C)(C)C1CCc2c(C(=O)Nc3cccc(C#N)c3)csc2C1. The Balaban J connectivity index is 1.78. The van der Waals surface area contributed by atoms with E-state index in [-0.39, 0.29) is 5.91 Å². The van der Waals surface area contributed by atoms with Crippen LogP contribution in [0.3, 0.4) is 0 Å². The largest absolute Gasteiger partial charge is 0.322 e. The van der Waals surface area contributed by atoms with Gasteiger partial charge in [0.05, 0.1) is 17.2 Å². The summed E-state index contributed by atoms with van der Waals surface area (Å²) >= 11 is 1.71. The molecule has 0 radical (unpaired) electrons. The number of hydrogen-bond acceptors (Lipinski definition) is 3. The third kappa shape index (κ3) is 3.37. The van der Waals surface area contributed by atoms with Gasteiger partial charge < -0.3 is 5.32 Å². The molecule has 0 saturated heterocycles. The zero-order chi connectivity index (χ0) is 17.3. The van der Waals surface area contributed by atoms with Crippen LogP contribution in [0.2, 0.25) is 0 Å². The molecule has 1 aromatic carbocycles. The highest BCUT2D eigenvalue weighted by atomic mass is 32.1. The molecular formula is C20H22N2OS. The Kier molecular flexibility index (Phi) is 4.47. The van der Waals surface area contributed by atoms with Gasteiger partial charge in [0.1, 0.15) is 0 Å². The quantitative estimate of drug-likeness (QED) is 0.835. The first-order valence-corrected chi connectivity index (χ1v) is 9.17. The zero-order valence-corrected chi connectivity index (χ0v) is 15.2. The van der Waals surface area contributed by atoms with Crippen LogP contribution in [0.15, 0.2) is 29.6 Å². The standard InChI is InChI=1S/C20H22N2OS/c1-20(2,3)14-7-8-16-17(12-24-18(16)10-14)19(23)22-15-6-4-5-13(9-15)11-21/h4-6,9,12,14H,7-8,10H2,1-3H3,(H,22,23). The number of benzene rings is 1. The van der Waals surface area contributed by atoms with E-state index in [2.05, 4.69) is 32.2 Å². The first kappa shape index (κ1) is 16.7. The van der Waals surface area contributed by atoms with E-state index in [4.69, 9.17) is 5.26 Å². The number of amides is 1. The van der Waals surface area contributed by atoms with Gasteiger partial charge in [-0.2, -0.15) is 5.26 Å². The summed E-state index contributed by atoms with van der Waals surface area (Å²) in [6.07, 6.45) is 3.18. The number of nitrogens with zero attached hydrogens (tertiary/aromatic N) is 1. The summed E-state index contributed by atoms with van der Waals surface area (Å²) in [7, 11) is 0. The van der Waals surface area contributed by atoms with E-state index in [1.165, 1.54) is 10.4 Å². The monoisotopic (exact) mass is 338 g/mol. The highest BCUT2D eigenvalue weighted by Crippen LogP contribution is 2.40. The fraction of sp³-hybridized carbons (Fsp3) is 0.400. The molecule has 0 saturated carbocycles. The summed E-state index contributed by atoms with van der Waals surface area (Å²) in [5.41, 5.74) is 3.54. The predicted octanol–water partition coefficient (Wildman–Crippen LogP) is 5.02. The van der Waals surface area contributed by atoms with Crippen molar-refractivity contribution >= 4 is 22.9 Å². The molecule has 0 fully saturated rings. The van der Waals surface area contributed by atoms with E-state index in [0.717, 1.165) is 24.8 Å². The van der Waals surface area contributed by atoms with E-state index < -0.39 is 0 Å². The van der Waals surface area contributed by atoms with E-state index in [0.29, 0.717) is 22.6 Å². The van der Waals surface area contributed by atoms with E-state index >= 15 is 0 Å². The number of anilines is 1. The molecule has 1 N–H and O–H groups in total. The molecule has 2 aromatic rings. The minimum Gasteiger partial charge on any atom is -0.322 e. The smallest absolute Gasteiger partial charge is 0.256 e. The maximum absolute atomic E-state index is 12.6. The van der Waals surface area contributed by atoms with E-state index in [1.807, 2.05) is 11.4 Å². The van der Waals surface area contributed by atoms with Gasteiger partial charge in [-0.3, -0.25) is 4.79 Å². The minimum atomic E-state index is -0.0724. The predicted molar refractivity (Wildman–Crippen MR) is 98.4 cm³/mol. The first-order valence-electron chi connectivity index (χ1n) is 8.29. The third-order valence-electron chi connectivity index (χ3n) is 4.87. The lowest BCUT2D eigenvalue weighted by atomic mass is 9.72. The van der Waals surface area contributed by atoms with Gasteiger partial charge in [-0.1, -0.05) is 26.8 Å². The normalized spacial score (nSPS) is 17.0. The molecular weight excluding hydrogens is 316 g/mol. The third-order valence-corrected chi connectivity index (χ3v) is 5.93. The Hall–Kier alpha value is -2.12. The maximum atomic E-state index is 12.6. The van der Waals surface area contributed by atoms with Crippen LogP contribution < -0.4 is 5.32 Å². The average Bonchev–Trinajstić information content (AvgIpc) is 2.97. The molecule has 0 spiro atoms. The van der Waals surface area contributed by atoms with Crippen LogP contribution in [0.25, 0.3) is 0 Å². The number of rotatable bonds is 2. The van der Waals surface area contributed by atoms with Crippen LogP contribution in [0.1, 0.15) is 53.6 Å². The molecule has 1 amide bonds. The van der Waals surface area contributed by atoms with Gasteiger partial charge in [0.2, 0.25) is 0 Å². The summed E-state index contributed by atoms with van der Waals surface area (Å²) in [5, 5.41) is 13.9. The molecule has 1 unspecified atom stereocenters. The Labute approximate surface area is 147 Å². The first-order chi connectivity index (χ1) is 11.4. The lowest BCUT2D eigenvalue weighted by Gasteiger charge is -2.34. The van der Waals surface area contributed by atoms with Crippen molar-refractivity contribution in [3.63, 3.8) is 0 Å². The van der Waals surface area contributed by atoms with Gasteiger partial charge in [0.15, 0.2) is 0 Å². The van der Waals surface area contributed by atoms with Crippen LogP contribution >= 0.6 is 11.3 Å². The molecule has 1 aliphatic carbocycles. The molecule has 1 atom stereocenters. The summed E-state index contributed by atoms with van der Waals surface area (Å²) in [6, 6.07) is 9.12. The van der Waals surface area contributed by atoms with Crippen molar-refractivity contribution in [1.82, 2.24) is 0 Å². The number of fused-ring (bicyclic) bond motifs is 1. The molecule has 4 heteroatoms. The molecule has 0 aliphatic heterocycles. The number of nitriles is 1. The summed E-state index contributed by atoms with van der Waals surface area (Å²) in [5.74, 6) is 0.601. The van der Waals surface area contributed by atoms with Gasteiger partial charge in [-0.25, -0.2) is 0 Å². The summed E-state index contributed by atoms with van der Waals surface area (Å²) < 4.78 is 0. The van der Waals surface area contributed by atoms with Crippen molar-refractivity contribution in [3.8, 4) is 6.07 Å². The molecule has 3 nitrogen and oxygen atoms in total. The highest BCUT2D eigenvalue weighted by Gasteiger charge is 2.31. The number of thiophene rings is 1. The second-order valence-electron chi connectivity index (χ2n) is 7.50. The van der Waals surface area contributed by atoms with Crippen LogP contribution in [-0.2, 0) is 12.8 Å². The Morgan fingerprint density at radius 2 is 2.17 bits per heavy atom. The molecule has 0 bridgehead atoms. The number of carbonyl (C=O) groups excluding carboxylic acids is 1. The van der Waals surface area contributed by atoms with Crippen LogP contribution in [0.5, 0.6) is 0 Å². The molecule has 124 valence electrons. The van der Waals surface area contributed by atoms with Crippen molar-refractivity contribution in [2.24, 2.45) is 11.3 Å². The lowest BCUT2D eigenvalue weighted by Crippen LogP contribution is -2.27. The van der Waals surface area contributed by atoms with Crippen molar-refractivity contribution < 1.29 is 4.79 Å². The van der Waals surface area contributed by atoms with Crippen LogP contribution in [0.4, 0.5) is 5.69 Å². The maximum Gasteiger partial charge on any atom is 0.256 e. The van der Waals surface area contributed by atoms with E-state index in [9.17, 15) is 4.79 Å². The van der Waals surface area contributed by atoms with Crippen molar-refractivity contribution in [3.05, 3.63) is 51.2 Å². The fourth-order valence-corrected chi connectivity index (χ4v) is 4.47. The van der Waals surface area contributed by atoms with Crippen molar-refractivity contribution in [2.45, 2.75) is 40.0 Å². The Bertz CT molecular complexity index is 808. The van der Waals surface area contributed by atoms with Gasteiger partial charge in [-0.05, 0) is 54.4 Å². The van der Waals surface area contributed by atoms with E-state index in [1.54, 1.807) is 29.5 Å². The average molecular weight is 338 g/mol. The van der Waals surface area contributed by atoms with Gasteiger partial charge >= 0.3 is 0 Å². The van der Waals surface area contributed by atoms with Gasteiger partial charge in [0, 0.05) is 15.9 Å². The summed E-state index contributed by atoms with van der Waals surface area (Å²) in [6.45, 7) is 6.89. The summed E-state index contributed by atoms with van der Waals surface area (Å²) in [4.78, 5) is 14.0. The fourth-order valence-electron chi connectivity index (χ4n) is 3.31. The van der Waals surface area contributed by atoms with Crippen molar-refractivity contribution in [1.29, 1.82) is 5.26 Å². The number of carbonyl (C=O) groups is 1. The lowest BCUT2D eigenvalue weighted by molar-refractivity contribution is 0.102. The Morgan fingerprint density at radius 1 is 1.38 bits per heavy atom. The molecule has 1 aromatic heterocycles. The number of nitrogens with one attached hydrogen (secondary N) is 1. The minimum absolute atomic E-state index is 0.0724. The van der Waals surface area contributed by atoms with Crippen LogP contribution in [-0.4, -0.2) is 5.91 Å². The second kappa shape index (κ2) is 6.41. The molecule has 1 heterocycles. The molecule has 24 heavy (non-hydrogen) atoms. The van der Waals surface area contributed by atoms with Gasteiger partial charge in [0.25, 0.3) is 5.91 Å². The topological polar surface area (TPSA) is 52.9 Å². The van der Waals surface area contributed by atoms with Gasteiger partial charge in [-0.15, -0.1) is 11.3 Å². The number of hydrogen-bond donors (Lipinski definition) is 1. The molecule has 3 rings (SSSR count). The second-order valence-corrected chi connectivity index (χ2v) is 8.47. The van der Waals surface area contributed by atoms with Crippen molar-refractivity contribution in [2.75, 3.05) is 5.32 Å². The zero-order valence-electron chi connectivity index (χ0n) is 14.3. The Morgan fingerprint density at radius 3 is 2.88 bits per heavy atom. The molecule has 1 aliphatic rings. The van der Waals surface area contributed by atoms with Crippen LogP contribution in [0, 0.1) is 22.7 Å².